The summed E-state index contributed by atoms with van der Waals surface area (Å²) in [5.74, 6) is 1.53. The Morgan fingerprint density at radius 1 is 1.23 bits per heavy atom. The molecule has 6 nitrogen and oxygen atoms in total. The lowest BCUT2D eigenvalue weighted by atomic mass is 9.73. The highest BCUT2D eigenvalue weighted by Gasteiger charge is 2.32. The van der Waals surface area contributed by atoms with Crippen molar-refractivity contribution in [2.24, 2.45) is 11.8 Å². The maximum Gasteiger partial charge on any atom is 0.307 e. The molecule has 3 atom stereocenters. The molecule has 0 saturated heterocycles. The summed E-state index contributed by atoms with van der Waals surface area (Å²) in [7, 11) is 1.69. The van der Waals surface area contributed by atoms with Gasteiger partial charge in [0.05, 0.1) is 31.5 Å². The first kappa shape index (κ1) is 26.1. The van der Waals surface area contributed by atoms with Gasteiger partial charge in [-0.1, -0.05) is 0 Å². The van der Waals surface area contributed by atoms with E-state index in [1.807, 2.05) is 20.8 Å². The third kappa shape index (κ3) is 9.07. The third-order valence-electron chi connectivity index (χ3n) is 6.25. The second kappa shape index (κ2) is 12.2. The molecule has 0 bridgehead atoms. The van der Waals surface area contributed by atoms with E-state index in [4.69, 9.17) is 14.2 Å². The highest BCUT2D eigenvalue weighted by molar-refractivity contribution is 5.70. The number of aliphatic hydroxyl groups is 1. The molecule has 1 saturated carbocycles. The second-order valence-electron chi connectivity index (χ2n) is 9.90. The fourth-order valence-corrected chi connectivity index (χ4v) is 4.88. The van der Waals surface area contributed by atoms with Crippen LogP contribution in [0.3, 0.4) is 0 Å². The van der Waals surface area contributed by atoms with E-state index in [0.29, 0.717) is 37.7 Å². The van der Waals surface area contributed by atoms with Gasteiger partial charge in [0.25, 0.3) is 0 Å². The minimum Gasteiger partial charge on any atom is -0.501 e. The Hall–Kier alpha value is -1.18. The Morgan fingerprint density at radius 2 is 1.90 bits per heavy atom. The number of halogens is 1. The topological polar surface area (TPSA) is 77.0 Å². The summed E-state index contributed by atoms with van der Waals surface area (Å²) in [6, 6.07) is -0.225. The standard InChI is InChI=1S/C24H42FNO5/c1-6-30-22(27)15-19(26-23(28)31-24(2,3)4)13-16-7-9-17(10-8-16)20-14-18(25)11-12-21(20)29-5/h16-19,23,26,28H,6-15H2,1-5H3/t16?,17?,18?,19-,23?/m1/s1. The van der Waals surface area contributed by atoms with Crippen molar-refractivity contribution in [2.45, 2.75) is 110 Å². The number of ether oxygens (including phenoxy) is 3. The van der Waals surface area contributed by atoms with Gasteiger partial charge in [-0.25, -0.2) is 4.39 Å². The molecule has 180 valence electrons. The molecule has 7 heteroatoms. The highest BCUT2D eigenvalue weighted by atomic mass is 19.1. The number of alkyl halides is 1. The number of nitrogens with one attached hydrogen (secondary N) is 1. The molecule has 0 aromatic carbocycles. The lowest BCUT2D eigenvalue weighted by Crippen LogP contribution is -2.45. The fourth-order valence-electron chi connectivity index (χ4n) is 4.88. The number of carbonyl (C=O) groups is 1. The van der Waals surface area contributed by atoms with E-state index in [2.05, 4.69) is 5.32 Å². The van der Waals surface area contributed by atoms with Crippen LogP contribution in [0.15, 0.2) is 11.3 Å². The fraction of sp³-hybridized carbons (Fsp3) is 0.875. The predicted octanol–water partition coefficient (Wildman–Crippen LogP) is 4.61. The van der Waals surface area contributed by atoms with Crippen LogP contribution < -0.4 is 5.32 Å². The average Bonchev–Trinajstić information content (AvgIpc) is 2.67. The monoisotopic (exact) mass is 443 g/mol. The number of rotatable bonds is 10. The number of allylic oxidation sites excluding steroid dienone is 2. The summed E-state index contributed by atoms with van der Waals surface area (Å²) in [6.07, 6.45) is 4.86. The van der Waals surface area contributed by atoms with Crippen LogP contribution in [0.5, 0.6) is 0 Å². The minimum absolute atomic E-state index is 0.195. The SMILES string of the molecule is CCOC(=O)C[C@@H](CC1CCC(C2=C(OC)CCC(F)C2)CC1)NC(O)OC(C)(C)C. The van der Waals surface area contributed by atoms with Crippen molar-refractivity contribution in [3.8, 4) is 0 Å². The molecule has 2 rings (SSSR count). The van der Waals surface area contributed by atoms with E-state index in [1.54, 1.807) is 14.0 Å². The summed E-state index contributed by atoms with van der Waals surface area (Å²) in [5.41, 5.74) is 0.676. The molecule has 2 N–H and O–H groups in total. The van der Waals surface area contributed by atoms with Crippen LogP contribution in [-0.2, 0) is 19.0 Å². The normalized spacial score (nSPS) is 27.0. The lowest BCUT2D eigenvalue weighted by molar-refractivity contribution is -0.187. The Labute approximate surface area is 186 Å². The first-order valence-electron chi connectivity index (χ1n) is 11.8. The number of methoxy groups -OCH3 is 1. The van der Waals surface area contributed by atoms with E-state index in [9.17, 15) is 14.3 Å². The van der Waals surface area contributed by atoms with Crippen molar-refractivity contribution in [3.05, 3.63) is 11.3 Å². The van der Waals surface area contributed by atoms with Crippen molar-refractivity contribution in [1.29, 1.82) is 0 Å². The van der Waals surface area contributed by atoms with Gasteiger partial charge in [0.1, 0.15) is 6.17 Å². The van der Waals surface area contributed by atoms with Crippen molar-refractivity contribution in [2.75, 3.05) is 13.7 Å². The molecule has 0 heterocycles. The van der Waals surface area contributed by atoms with Gasteiger partial charge in [-0.3, -0.25) is 10.1 Å². The minimum atomic E-state index is -1.14. The number of hydrogen-bond donors (Lipinski definition) is 2. The largest absolute Gasteiger partial charge is 0.501 e. The zero-order valence-electron chi connectivity index (χ0n) is 19.9. The highest BCUT2D eigenvalue weighted by Crippen LogP contribution is 2.41. The van der Waals surface area contributed by atoms with Crippen molar-refractivity contribution in [1.82, 2.24) is 5.32 Å². The van der Waals surface area contributed by atoms with Crippen LogP contribution >= 0.6 is 0 Å². The number of aliphatic hydroxyl groups excluding tert-OH is 1. The zero-order chi connectivity index (χ0) is 23.0. The van der Waals surface area contributed by atoms with Gasteiger partial charge in [-0.15, -0.1) is 0 Å². The van der Waals surface area contributed by atoms with E-state index in [0.717, 1.165) is 37.9 Å². The molecule has 0 aliphatic heterocycles. The number of carbonyl (C=O) groups excluding carboxylic acids is 1. The molecular weight excluding hydrogens is 401 g/mol. The molecule has 1 fully saturated rings. The van der Waals surface area contributed by atoms with Gasteiger partial charge in [0.2, 0.25) is 6.41 Å². The third-order valence-corrected chi connectivity index (χ3v) is 6.25. The molecule has 0 radical (unpaired) electrons. The van der Waals surface area contributed by atoms with E-state index < -0.39 is 18.2 Å². The van der Waals surface area contributed by atoms with Crippen LogP contribution in [0.1, 0.15) is 85.5 Å². The first-order chi connectivity index (χ1) is 14.6. The summed E-state index contributed by atoms with van der Waals surface area (Å²) in [4.78, 5) is 12.1. The Bertz CT molecular complexity index is 595. The number of esters is 1. The van der Waals surface area contributed by atoms with Gasteiger partial charge >= 0.3 is 5.97 Å². The maximum absolute atomic E-state index is 14.0. The predicted molar refractivity (Wildman–Crippen MR) is 118 cm³/mol. The molecule has 0 aromatic heterocycles. The number of hydrogen-bond acceptors (Lipinski definition) is 6. The maximum atomic E-state index is 14.0. The van der Waals surface area contributed by atoms with Crippen LogP contribution in [0, 0.1) is 11.8 Å². The lowest BCUT2D eigenvalue weighted by Gasteiger charge is -2.35. The van der Waals surface area contributed by atoms with Crippen molar-refractivity contribution in [3.63, 3.8) is 0 Å². The Kier molecular flexibility index (Phi) is 10.2. The van der Waals surface area contributed by atoms with E-state index >= 15 is 0 Å². The van der Waals surface area contributed by atoms with Crippen LogP contribution in [0.2, 0.25) is 0 Å². The van der Waals surface area contributed by atoms with Gasteiger partial charge in [-0.2, -0.15) is 0 Å². The molecular formula is C24H42FNO5. The van der Waals surface area contributed by atoms with E-state index in [-0.39, 0.29) is 18.4 Å². The van der Waals surface area contributed by atoms with Gasteiger partial charge in [-0.05, 0) is 83.6 Å². The van der Waals surface area contributed by atoms with Crippen molar-refractivity contribution >= 4 is 5.97 Å². The van der Waals surface area contributed by atoms with Gasteiger partial charge < -0.3 is 19.3 Å². The first-order valence-corrected chi connectivity index (χ1v) is 11.8. The molecule has 0 spiro atoms. The average molecular weight is 444 g/mol. The second-order valence-corrected chi connectivity index (χ2v) is 9.90. The van der Waals surface area contributed by atoms with Crippen LogP contribution in [0.25, 0.3) is 0 Å². The summed E-state index contributed by atoms with van der Waals surface area (Å²) < 4.78 is 30.2. The van der Waals surface area contributed by atoms with Crippen LogP contribution in [0.4, 0.5) is 4.39 Å². The summed E-state index contributed by atoms with van der Waals surface area (Å²) >= 11 is 0. The molecule has 2 unspecified atom stereocenters. The Morgan fingerprint density at radius 3 is 2.48 bits per heavy atom. The quantitative estimate of drug-likeness (QED) is 0.379. The molecule has 2 aliphatic rings. The van der Waals surface area contributed by atoms with Gasteiger partial charge in [0.15, 0.2) is 0 Å². The molecule has 2 aliphatic carbocycles. The molecule has 0 aromatic rings. The smallest absolute Gasteiger partial charge is 0.307 e. The van der Waals surface area contributed by atoms with Gasteiger partial charge in [0, 0.05) is 18.9 Å². The summed E-state index contributed by atoms with van der Waals surface area (Å²) in [5, 5.41) is 13.3. The van der Waals surface area contributed by atoms with Crippen molar-refractivity contribution < 1.29 is 28.5 Å². The Balaban J connectivity index is 1.94. The summed E-state index contributed by atoms with van der Waals surface area (Å²) in [6.45, 7) is 7.74. The molecule has 31 heavy (non-hydrogen) atoms. The zero-order valence-corrected chi connectivity index (χ0v) is 19.9. The molecule has 0 amide bonds. The van der Waals surface area contributed by atoms with Crippen LogP contribution in [-0.4, -0.2) is 49.0 Å². The van der Waals surface area contributed by atoms with E-state index in [1.165, 1.54) is 5.57 Å².